The molecule has 5 nitrogen and oxygen atoms in total. The largest absolute Gasteiger partial charge is 0.478 e. The summed E-state index contributed by atoms with van der Waals surface area (Å²) in [6.45, 7) is 1.05. The second kappa shape index (κ2) is 3.45. The monoisotopic (exact) mass is 240 g/mol. The predicted octanol–water partition coefficient (Wildman–Crippen LogP) is 0.964. The Kier molecular flexibility index (Phi) is 2.23. The lowest BCUT2D eigenvalue weighted by molar-refractivity contribution is -0.173. The third kappa shape index (κ3) is 1.48. The summed E-state index contributed by atoms with van der Waals surface area (Å²) in [5.74, 6) is -1.28. The Hall–Kier alpha value is -1.10. The minimum Gasteiger partial charge on any atom is -0.478 e. The predicted molar refractivity (Wildman–Crippen MR) is 56.3 cm³/mol. The molecule has 1 atom stereocenters. The average Bonchev–Trinajstić information content (AvgIpc) is 3.09. The van der Waals surface area contributed by atoms with Gasteiger partial charge in [-0.2, -0.15) is 0 Å². The van der Waals surface area contributed by atoms with Crippen LogP contribution in [0.1, 0.15) is 32.1 Å². The number of cyclic esters (lactones) is 1. The molecule has 0 amide bonds. The lowest BCUT2D eigenvalue weighted by Crippen LogP contribution is -2.41. The van der Waals surface area contributed by atoms with E-state index in [1.807, 2.05) is 0 Å². The zero-order chi connectivity index (χ0) is 12.1. The maximum atomic E-state index is 12.1. The van der Waals surface area contributed by atoms with Crippen molar-refractivity contribution in [1.82, 2.24) is 0 Å². The number of carboxylic acids is 1. The van der Waals surface area contributed by atoms with Crippen LogP contribution in [0.15, 0.2) is 0 Å². The summed E-state index contributed by atoms with van der Waals surface area (Å²) in [6.07, 6.45) is 3.22. The van der Waals surface area contributed by atoms with Gasteiger partial charge >= 0.3 is 11.9 Å². The van der Waals surface area contributed by atoms with E-state index in [4.69, 9.17) is 9.47 Å². The number of rotatable bonds is 2. The van der Waals surface area contributed by atoms with Crippen molar-refractivity contribution >= 4 is 11.9 Å². The van der Waals surface area contributed by atoms with Gasteiger partial charge in [-0.3, -0.25) is 4.79 Å². The molecule has 2 aliphatic heterocycles. The van der Waals surface area contributed by atoms with Gasteiger partial charge in [0, 0.05) is 25.6 Å². The molecule has 2 heterocycles. The van der Waals surface area contributed by atoms with Crippen LogP contribution in [0.2, 0.25) is 0 Å². The third-order valence-electron chi connectivity index (χ3n) is 4.36. The number of hydrogen-bond donors (Lipinski definition) is 1. The number of carboxylic acid groups (broad SMARTS) is 1. The lowest BCUT2D eigenvalue weighted by Gasteiger charge is -2.30. The molecular weight excluding hydrogens is 224 g/mol. The lowest BCUT2D eigenvalue weighted by atomic mass is 9.73. The van der Waals surface area contributed by atoms with Crippen molar-refractivity contribution < 1.29 is 24.2 Å². The van der Waals surface area contributed by atoms with Crippen molar-refractivity contribution in [3.63, 3.8) is 0 Å². The summed E-state index contributed by atoms with van der Waals surface area (Å²) in [6, 6.07) is 0. The van der Waals surface area contributed by atoms with Gasteiger partial charge in [0.15, 0.2) is 0 Å². The van der Waals surface area contributed by atoms with E-state index in [1.54, 1.807) is 0 Å². The number of carbonyl (C=O) groups is 2. The Bertz CT molecular complexity index is 367. The second-order valence-corrected chi connectivity index (χ2v) is 5.43. The van der Waals surface area contributed by atoms with Crippen LogP contribution in [0, 0.1) is 11.3 Å². The normalized spacial score (nSPS) is 35.9. The van der Waals surface area contributed by atoms with Crippen LogP contribution in [0.5, 0.6) is 0 Å². The Morgan fingerprint density at radius 3 is 2.47 bits per heavy atom. The van der Waals surface area contributed by atoms with Crippen molar-refractivity contribution in [2.24, 2.45) is 11.3 Å². The van der Waals surface area contributed by atoms with Crippen molar-refractivity contribution in [3.8, 4) is 0 Å². The quantitative estimate of drug-likeness (QED) is 0.728. The molecule has 0 aromatic heterocycles. The van der Waals surface area contributed by atoms with Gasteiger partial charge in [0.05, 0.1) is 5.41 Å². The van der Waals surface area contributed by atoms with Crippen LogP contribution in [-0.2, 0) is 19.1 Å². The van der Waals surface area contributed by atoms with Crippen LogP contribution < -0.4 is 0 Å². The van der Waals surface area contributed by atoms with Crippen molar-refractivity contribution in [2.45, 2.75) is 37.7 Å². The summed E-state index contributed by atoms with van der Waals surface area (Å²) >= 11 is 0. The average molecular weight is 240 g/mol. The SMILES string of the molecule is O=C1OC(C(=O)O)(C2CC2)CC12CCOCC2. The molecule has 5 heteroatoms. The van der Waals surface area contributed by atoms with Crippen LogP contribution in [0.3, 0.4) is 0 Å². The Morgan fingerprint density at radius 1 is 1.29 bits per heavy atom. The molecule has 0 radical (unpaired) electrons. The highest BCUT2D eigenvalue weighted by atomic mass is 16.6. The van der Waals surface area contributed by atoms with Crippen LogP contribution in [0.25, 0.3) is 0 Å². The molecule has 1 N–H and O–H groups in total. The van der Waals surface area contributed by atoms with Crippen molar-refractivity contribution in [1.29, 1.82) is 0 Å². The first-order valence-corrected chi connectivity index (χ1v) is 6.14. The van der Waals surface area contributed by atoms with E-state index < -0.39 is 17.0 Å². The molecule has 0 aromatic rings. The van der Waals surface area contributed by atoms with Crippen LogP contribution in [0.4, 0.5) is 0 Å². The molecule has 2 saturated heterocycles. The van der Waals surface area contributed by atoms with E-state index in [0.29, 0.717) is 32.5 Å². The van der Waals surface area contributed by atoms with Gasteiger partial charge < -0.3 is 14.6 Å². The minimum absolute atomic E-state index is 0.0196. The molecule has 1 unspecified atom stereocenters. The number of esters is 1. The molecule has 3 fully saturated rings. The number of ether oxygens (including phenoxy) is 2. The van der Waals surface area contributed by atoms with E-state index in [-0.39, 0.29) is 11.9 Å². The number of aliphatic carboxylic acids is 1. The summed E-state index contributed by atoms with van der Waals surface area (Å²) < 4.78 is 10.6. The van der Waals surface area contributed by atoms with Gasteiger partial charge in [-0.15, -0.1) is 0 Å². The smallest absolute Gasteiger partial charge is 0.348 e. The molecule has 94 valence electrons. The summed E-state index contributed by atoms with van der Waals surface area (Å²) in [7, 11) is 0. The zero-order valence-corrected chi connectivity index (χ0v) is 9.61. The maximum absolute atomic E-state index is 12.1. The fourth-order valence-electron chi connectivity index (χ4n) is 3.10. The van der Waals surface area contributed by atoms with E-state index in [1.165, 1.54) is 0 Å². The zero-order valence-electron chi connectivity index (χ0n) is 9.61. The van der Waals surface area contributed by atoms with Gasteiger partial charge in [-0.25, -0.2) is 4.79 Å². The molecule has 1 spiro atoms. The Labute approximate surface area is 99.1 Å². The van der Waals surface area contributed by atoms with Crippen LogP contribution in [-0.4, -0.2) is 35.9 Å². The molecule has 0 bridgehead atoms. The fraction of sp³-hybridized carbons (Fsp3) is 0.833. The molecule has 1 saturated carbocycles. The summed E-state index contributed by atoms with van der Waals surface area (Å²) in [4.78, 5) is 23.5. The molecule has 3 aliphatic rings. The van der Waals surface area contributed by atoms with E-state index >= 15 is 0 Å². The minimum atomic E-state index is -1.24. The van der Waals surface area contributed by atoms with E-state index in [9.17, 15) is 14.7 Å². The summed E-state index contributed by atoms with van der Waals surface area (Å²) in [5.41, 5.74) is -1.84. The molecule has 17 heavy (non-hydrogen) atoms. The highest BCUT2D eigenvalue weighted by molar-refractivity contribution is 5.89. The van der Waals surface area contributed by atoms with Gasteiger partial charge in [-0.05, 0) is 25.7 Å². The highest BCUT2D eigenvalue weighted by Gasteiger charge is 2.66. The standard InChI is InChI=1S/C12H16O5/c13-9(14)12(8-1-2-8)7-11(10(15)17-12)3-5-16-6-4-11/h8H,1-7H2,(H,13,14). The third-order valence-corrected chi connectivity index (χ3v) is 4.36. The Balaban J connectivity index is 1.90. The van der Waals surface area contributed by atoms with E-state index in [0.717, 1.165) is 12.8 Å². The van der Waals surface area contributed by atoms with Gasteiger partial charge in [0.2, 0.25) is 5.60 Å². The van der Waals surface area contributed by atoms with Gasteiger partial charge in [0.25, 0.3) is 0 Å². The van der Waals surface area contributed by atoms with Gasteiger partial charge in [0.1, 0.15) is 0 Å². The summed E-state index contributed by atoms with van der Waals surface area (Å²) in [5, 5.41) is 9.40. The molecule has 0 aromatic carbocycles. The molecular formula is C12H16O5. The fourth-order valence-corrected chi connectivity index (χ4v) is 3.10. The second-order valence-electron chi connectivity index (χ2n) is 5.43. The molecule has 3 rings (SSSR count). The van der Waals surface area contributed by atoms with Crippen molar-refractivity contribution in [2.75, 3.05) is 13.2 Å². The first-order valence-electron chi connectivity index (χ1n) is 6.14. The first-order chi connectivity index (χ1) is 8.09. The first kappa shape index (κ1) is 11.0. The topological polar surface area (TPSA) is 72.8 Å². The van der Waals surface area contributed by atoms with Crippen molar-refractivity contribution in [3.05, 3.63) is 0 Å². The highest BCUT2D eigenvalue weighted by Crippen LogP contribution is 2.55. The Morgan fingerprint density at radius 2 is 1.94 bits per heavy atom. The van der Waals surface area contributed by atoms with E-state index in [2.05, 4.69) is 0 Å². The molecule has 1 aliphatic carbocycles. The number of carbonyl (C=O) groups excluding carboxylic acids is 1. The van der Waals surface area contributed by atoms with Gasteiger partial charge in [-0.1, -0.05) is 0 Å². The maximum Gasteiger partial charge on any atom is 0.348 e. The number of hydrogen-bond acceptors (Lipinski definition) is 4. The van der Waals surface area contributed by atoms with Crippen LogP contribution >= 0.6 is 0 Å².